The Morgan fingerprint density at radius 1 is 0.881 bits per heavy atom. The molecule has 0 bridgehead atoms. The van der Waals surface area contributed by atoms with Crippen molar-refractivity contribution in [2.45, 2.75) is 50.6 Å². The Kier molecular flexibility index (Phi) is 9.06. The Morgan fingerprint density at radius 2 is 1.48 bits per heavy atom. The summed E-state index contributed by atoms with van der Waals surface area (Å²) in [7, 11) is 2.79. The number of hydrogen-bond donors (Lipinski definition) is 0. The van der Waals surface area contributed by atoms with E-state index in [-0.39, 0.29) is 23.5 Å². The third-order valence-electron chi connectivity index (χ3n) is 6.89. The van der Waals surface area contributed by atoms with E-state index in [1.165, 1.54) is 25.1 Å². The molecule has 230 valence electrons. The Hall–Kier alpha value is -3.40. The molecule has 0 aliphatic carbocycles. The zero-order valence-corrected chi connectivity index (χ0v) is 22.3. The van der Waals surface area contributed by atoms with Crippen LogP contribution < -0.4 is 4.90 Å². The SMILES string of the molecule is CO[C@@H](c1ccc(C(F)(F)F)cc1CN(Cc1cc(C(F)(F)F)cc(C(F)(F)F)c1)c1nnn(C)n1)C1CCOCC1. The topological polar surface area (TPSA) is 65.3 Å². The van der Waals surface area contributed by atoms with Gasteiger partial charge < -0.3 is 14.4 Å². The number of rotatable bonds is 8. The van der Waals surface area contributed by atoms with Gasteiger partial charge in [0.05, 0.1) is 29.8 Å². The zero-order chi connectivity index (χ0) is 30.9. The molecule has 1 aliphatic rings. The van der Waals surface area contributed by atoms with Gasteiger partial charge in [-0.3, -0.25) is 0 Å². The number of aromatic nitrogens is 4. The number of hydrogen-bond acceptors (Lipinski definition) is 6. The van der Waals surface area contributed by atoms with Crippen molar-refractivity contribution in [2.24, 2.45) is 13.0 Å². The lowest BCUT2D eigenvalue weighted by molar-refractivity contribution is -0.143. The van der Waals surface area contributed by atoms with Crippen LogP contribution in [0, 0.1) is 5.92 Å². The van der Waals surface area contributed by atoms with Crippen molar-refractivity contribution in [1.82, 2.24) is 20.2 Å². The van der Waals surface area contributed by atoms with E-state index in [0.29, 0.717) is 43.8 Å². The Balaban J connectivity index is 1.81. The number of anilines is 1. The van der Waals surface area contributed by atoms with Crippen LogP contribution in [0.3, 0.4) is 0 Å². The van der Waals surface area contributed by atoms with Gasteiger partial charge in [-0.25, -0.2) is 0 Å². The molecule has 0 unspecified atom stereocenters. The van der Waals surface area contributed by atoms with Gasteiger partial charge in [-0.05, 0) is 71.0 Å². The molecule has 1 atom stereocenters. The highest BCUT2D eigenvalue weighted by Gasteiger charge is 2.38. The maximum atomic E-state index is 13.7. The van der Waals surface area contributed by atoms with Gasteiger partial charge in [0, 0.05) is 33.4 Å². The van der Waals surface area contributed by atoms with Gasteiger partial charge in [0.25, 0.3) is 5.95 Å². The van der Waals surface area contributed by atoms with Gasteiger partial charge in [0.15, 0.2) is 0 Å². The molecule has 0 spiro atoms. The fourth-order valence-corrected chi connectivity index (χ4v) is 4.92. The summed E-state index contributed by atoms with van der Waals surface area (Å²) in [6.45, 7) is -0.171. The summed E-state index contributed by atoms with van der Waals surface area (Å²) in [5, 5.41) is 11.5. The maximum Gasteiger partial charge on any atom is 0.416 e. The van der Waals surface area contributed by atoms with Gasteiger partial charge in [-0.1, -0.05) is 11.2 Å². The van der Waals surface area contributed by atoms with Gasteiger partial charge in [-0.15, -0.1) is 5.10 Å². The molecule has 42 heavy (non-hydrogen) atoms. The molecule has 1 aromatic heterocycles. The van der Waals surface area contributed by atoms with Crippen LogP contribution >= 0.6 is 0 Å². The van der Waals surface area contributed by atoms with Crippen LogP contribution in [-0.2, 0) is 48.1 Å². The summed E-state index contributed by atoms with van der Waals surface area (Å²) in [5.74, 6) is -0.327. The van der Waals surface area contributed by atoms with Crippen molar-refractivity contribution in [3.05, 3.63) is 69.8 Å². The number of nitrogens with zero attached hydrogens (tertiary/aromatic N) is 5. The first-order valence-electron chi connectivity index (χ1n) is 12.6. The fourth-order valence-electron chi connectivity index (χ4n) is 4.92. The number of halogens is 9. The van der Waals surface area contributed by atoms with Crippen LogP contribution in [0.2, 0.25) is 0 Å². The van der Waals surface area contributed by atoms with E-state index in [9.17, 15) is 39.5 Å². The first-order chi connectivity index (χ1) is 19.6. The normalized spacial score (nSPS) is 16.1. The largest absolute Gasteiger partial charge is 0.416 e. The average Bonchev–Trinajstić information content (AvgIpc) is 3.34. The number of alkyl halides is 9. The molecular formula is C26H26F9N5O2. The summed E-state index contributed by atoms with van der Waals surface area (Å²) < 4.78 is 133. The zero-order valence-electron chi connectivity index (χ0n) is 22.3. The molecule has 0 radical (unpaired) electrons. The molecular weight excluding hydrogens is 585 g/mol. The summed E-state index contributed by atoms with van der Waals surface area (Å²) in [5.41, 5.74) is -4.00. The molecule has 3 aromatic rings. The summed E-state index contributed by atoms with van der Waals surface area (Å²) >= 11 is 0. The molecule has 1 aliphatic heterocycles. The minimum absolute atomic E-state index is 0.00358. The van der Waals surface area contributed by atoms with Crippen LogP contribution in [-0.4, -0.2) is 40.5 Å². The summed E-state index contributed by atoms with van der Waals surface area (Å²) in [6, 6.07) is 4.15. The molecule has 0 saturated carbocycles. The number of benzene rings is 2. The van der Waals surface area contributed by atoms with E-state index in [1.807, 2.05) is 0 Å². The van der Waals surface area contributed by atoms with Gasteiger partial charge in [0.2, 0.25) is 0 Å². The highest BCUT2D eigenvalue weighted by molar-refractivity contribution is 5.42. The highest BCUT2D eigenvalue weighted by Crippen LogP contribution is 2.39. The van der Waals surface area contributed by atoms with E-state index in [2.05, 4.69) is 15.4 Å². The summed E-state index contributed by atoms with van der Waals surface area (Å²) in [4.78, 5) is 2.17. The third-order valence-corrected chi connectivity index (χ3v) is 6.89. The molecule has 16 heteroatoms. The Bertz CT molecular complexity index is 1330. The van der Waals surface area contributed by atoms with Crippen molar-refractivity contribution < 1.29 is 49.0 Å². The first-order valence-corrected chi connectivity index (χ1v) is 12.6. The smallest absolute Gasteiger partial charge is 0.381 e. The van der Waals surface area contributed by atoms with Crippen molar-refractivity contribution in [1.29, 1.82) is 0 Å². The maximum absolute atomic E-state index is 13.7. The minimum Gasteiger partial charge on any atom is -0.381 e. The molecule has 1 fully saturated rings. The van der Waals surface area contributed by atoms with Crippen molar-refractivity contribution in [2.75, 3.05) is 25.2 Å². The molecule has 2 heterocycles. The molecule has 0 amide bonds. The molecule has 4 rings (SSSR count). The van der Waals surface area contributed by atoms with E-state index in [0.717, 1.165) is 16.9 Å². The number of ether oxygens (including phenoxy) is 2. The van der Waals surface area contributed by atoms with Crippen LogP contribution in [0.15, 0.2) is 36.4 Å². The third kappa shape index (κ3) is 7.51. The predicted octanol–water partition coefficient (Wildman–Crippen LogP) is 6.59. The quantitative estimate of drug-likeness (QED) is 0.268. The van der Waals surface area contributed by atoms with Gasteiger partial charge >= 0.3 is 18.5 Å². The lowest BCUT2D eigenvalue weighted by Gasteiger charge is -2.32. The summed E-state index contributed by atoms with van der Waals surface area (Å²) in [6.07, 6.45) is -14.4. The predicted molar refractivity (Wildman–Crippen MR) is 130 cm³/mol. The molecule has 2 aromatic carbocycles. The Labute approximate surface area is 234 Å². The second-order valence-corrected chi connectivity index (χ2v) is 9.87. The second-order valence-electron chi connectivity index (χ2n) is 9.87. The minimum atomic E-state index is -5.09. The van der Waals surface area contributed by atoms with E-state index in [1.54, 1.807) is 0 Å². The van der Waals surface area contributed by atoms with Crippen molar-refractivity contribution >= 4 is 5.95 Å². The average molecular weight is 612 g/mol. The lowest BCUT2D eigenvalue weighted by Crippen LogP contribution is -2.28. The lowest BCUT2D eigenvalue weighted by atomic mass is 9.86. The van der Waals surface area contributed by atoms with E-state index < -0.39 is 60.0 Å². The molecule has 1 saturated heterocycles. The van der Waals surface area contributed by atoms with Crippen LogP contribution in [0.25, 0.3) is 0 Å². The highest BCUT2D eigenvalue weighted by atomic mass is 19.4. The standard InChI is InChI=1S/C26H26F9N5O2/c1-39-37-23(36-38-39)40(13-15-9-19(25(30,31)32)12-20(10-15)26(33,34)35)14-17-11-18(24(27,28)29)3-4-21(17)22(41-2)16-5-7-42-8-6-16/h3-4,9-12,16,22H,5-8,13-14H2,1-2H3/t22-/m1/s1. The number of aryl methyl sites for hydroxylation is 1. The van der Waals surface area contributed by atoms with Crippen molar-refractivity contribution in [3.63, 3.8) is 0 Å². The first kappa shape index (κ1) is 31.5. The Morgan fingerprint density at radius 3 is 1.98 bits per heavy atom. The molecule has 7 nitrogen and oxygen atoms in total. The van der Waals surface area contributed by atoms with E-state index in [4.69, 9.17) is 9.47 Å². The van der Waals surface area contributed by atoms with Gasteiger partial charge in [-0.2, -0.15) is 44.3 Å². The van der Waals surface area contributed by atoms with Crippen molar-refractivity contribution in [3.8, 4) is 0 Å². The monoisotopic (exact) mass is 611 g/mol. The van der Waals surface area contributed by atoms with Gasteiger partial charge in [0.1, 0.15) is 0 Å². The fraction of sp³-hybridized carbons (Fsp3) is 0.500. The van der Waals surface area contributed by atoms with Crippen LogP contribution in [0.1, 0.15) is 52.3 Å². The van der Waals surface area contributed by atoms with E-state index >= 15 is 0 Å². The second kappa shape index (κ2) is 12.1. The van der Waals surface area contributed by atoms with Crippen LogP contribution in [0.5, 0.6) is 0 Å². The van der Waals surface area contributed by atoms with Crippen LogP contribution in [0.4, 0.5) is 45.5 Å². The number of tetrazole rings is 1. The molecule has 0 N–H and O–H groups in total. The number of methoxy groups -OCH3 is 1.